The van der Waals surface area contributed by atoms with Crippen LogP contribution in [0.3, 0.4) is 0 Å². The van der Waals surface area contributed by atoms with Crippen molar-refractivity contribution in [3.05, 3.63) is 59.7 Å². The SMILES string of the molecule is CCCCOC(=O)CCC(=O)c1ccccc1NS(=O)(=O)c1ccc(C)cc1. The van der Waals surface area contributed by atoms with Crippen molar-refractivity contribution in [1.82, 2.24) is 0 Å². The maximum Gasteiger partial charge on any atom is 0.306 e. The van der Waals surface area contributed by atoms with Crippen LogP contribution in [0, 0.1) is 6.92 Å². The molecule has 0 aromatic heterocycles. The standard InChI is InChI=1S/C21H25NO5S/c1-3-4-15-27-21(24)14-13-20(23)18-7-5-6-8-19(18)22-28(25,26)17-11-9-16(2)10-12-17/h5-12,22H,3-4,13-15H2,1-2H3. The number of rotatable bonds is 10. The highest BCUT2D eigenvalue weighted by Crippen LogP contribution is 2.22. The summed E-state index contributed by atoms with van der Waals surface area (Å²) in [5.41, 5.74) is 1.35. The molecule has 1 N–H and O–H groups in total. The fraction of sp³-hybridized carbons (Fsp3) is 0.333. The third-order valence-electron chi connectivity index (χ3n) is 4.12. The van der Waals surface area contributed by atoms with E-state index in [0.29, 0.717) is 6.61 Å². The van der Waals surface area contributed by atoms with Gasteiger partial charge in [0.1, 0.15) is 0 Å². The van der Waals surface area contributed by atoms with Crippen molar-refractivity contribution in [2.75, 3.05) is 11.3 Å². The first-order valence-corrected chi connectivity index (χ1v) is 10.7. The lowest BCUT2D eigenvalue weighted by Crippen LogP contribution is -2.16. The molecule has 0 aliphatic rings. The number of hydrogen-bond acceptors (Lipinski definition) is 5. The summed E-state index contributed by atoms with van der Waals surface area (Å²) in [6.07, 6.45) is 1.61. The molecule has 150 valence electrons. The first kappa shape index (κ1) is 21.6. The van der Waals surface area contributed by atoms with Crippen LogP contribution in [0.2, 0.25) is 0 Å². The zero-order valence-electron chi connectivity index (χ0n) is 16.1. The third-order valence-corrected chi connectivity index (χ3v) is 5.50. The molecule has 28 heavy (non-hydrogen) atoms. The molecule has 0 atom stereocenters. The fourth-order valence-electron chi connectivity index (χ4n) is 2.49. The maximum absolute atomic E-state index is 12.6. The summed E-state index contributed by atoms with van der Waals surface area (Å²) in [7, 11) is -3.83. The number of carbonyl (C=O) groups is 2. The van der Waals surface area contributed by atoms with Gasteiger partial charge in [0.25, 0.3) is 10.0 Å². The normalized spacial score (nSPS) is 11.1. The number of para-hydroxylation sites is 1. The number of carbonyl (C=O) groups excluding carboxylic acids is 2. The number of esters is 1. The summed E-state index contributed by atoms with van der Waals surface area (Å²) in [6, 6.07) is 12.8. The minimum Gasteiger partial charge on any atom is -0.466 e. The molecule has 0 radical (unpaired) electrons. The molecular formula is C21H25NO5S. The maximum atomic E-state index is 12.6. The Balaban J connectivity index is 2.08. The number of aryl methyl sites for hydroxylation is 1. The van der Waals surface area contributed by atoms with Gasteiger partial charge >= 0.3 is 5.97 Å². The summed E-state index contributed by atoms with van der Waals surface area (Å²) in [6.45, 7) is 4.20. The van der Waals surface area contributed by atoms with Gasteiger partial charge in [0.2, 0.25) is 0 Å². The van der Waals surface area contributed by atoms with E-state index in [9.17, 15) is 18.0 Å². The number of Topliss-reactive ketones (excluding diaryl/α,β-unsaturated/α-hetero) is 1. The topological polar surface area (TPSA) is 89.5 Å². The van der Waals surface area contributed by atoms with E-state index < -0.39 is 16.0 Å². The number of nitrogens with one attached hydrogen (secondary N) is 1. The number of ketones is 1. The van der Waals surface area contributed by atoms with Gasteiger partial charge in [0, 0.05) is 12.0 Å². The first-order valence-electron chi connectivity index (χ1n) is 9.21. The zero-order valence-corrected chi connectivity index (χ0v) is 16.9. The zero-order chi connectivity index (χ0) is 20.6. The molecule has 0 fully saturated rings. The van der Waals surface area contributed by atoms with Crippen LogP contribution in [0.15, 0.2) is 53.4 Å². The molecule has 0 saturated heterocycles. The van der Waals surface area contributed by atoms with Crippen LogP contribution in [0.1, 0.15) is 48.5 Å². The van der Waals surface area contributed by atoms with Crippen LogP contribution < -0.4 is 4.72 Å². The summed E-state index contributed by atoms with van der Waals surface area (Å²) < 4.78 is 32.7. The quantitative estimate of drug-likeness (QED) is 0.366. The van der Waals surface area contributed by atoms with Crippen molar-refractivity contribution in [2.24, 2.45) is 0 Å². The second-order valence-corrected chi connectivity index (χ2v) is 8.14. The van der Waals surface area contributed by atoms with Crippen molar-refractivity contribution in [1.29, 1.82) is 0 Å². The van der Waals surface area contributed by atoms with Crippen molar-refractivity contribution < 1.29 is 22.7 Å². The molecule has 7 heteroatoms. The van der Waals surface area contributed by atoms with Crippen LogP contribution in [0.5, 0.6) is 0 Å². The van der Waals surface area contributed by atoms with Crippen molar-refractivity contribution in [2.45, 2.75) is 44.4 Å². The molecule has 0 aliphatic carbocycles. The Bertz CT molecular complexity index is 920. The first-order chi connectivity index (χ1) is 13.3. The van der Waals surface area contributed by atoms with Crippen molar-refractivity contribution in [3.8, 4) is 0 Å². The lowest BCUT2D eigenvalue weighted by molar-refractivity contribution is -0.143. The van der Waals surface area contributed by atoms with Crippen LogP contribution in [0.4, 0.5) is 5.69 Å². The molecule has 6 nitrogen and oxygen atoms in total. The molecule has 2 aromatic carbocycles. The van der Waals surface area contributed by atoms with Gasteiger partial charge in [-0.15, -0.1) is 0 Å². The largest absolute Gasteiger partial charge is 0.466 e. The molecule has 0 heterocycles. The van der Waals surface area contributed by atoms with Crippen molar-refractivity contribution >= 4 is 27.5 Å². The second-order valence-electron chi connectivity index (χ2n) is 6.46. The Morgan fingerprint density at radius 3 is 2.36 bits per heavy atom. The molecule has 2 rings (SSSR count). The fourth-order valence-corrected chi connectivity index (χ4v) is 3.57. The van der Waals surface area contributed by atoms with E-state index in [0.717, 1.165) is 18.4 Å². The van der Waals surface area contributed by atoms with E-state index >= 15 is 0 Å². The molecular weight excluding hydrogens is 378 g/mol. The van der Waals surface area contributed by atoms with E-state index in [-0.39, 0.29) is 34.8 Å². The van der Waals surface area contributed by atoms with Gasteiger partial charge in [0.05, 0.1) is 23.6 Å². The number of ether oxygens (including phenoxy) is 1. The van der Waals surface area contributed by atoms with Gasteiger partial charge in [-0.2, -0.15) is 0 Å². The Morgan fingerprint density at radius 1 is 1.00 bits per heavy atom. The van der Waals surface area contributed by atoms with Gasteiger partial charge in [-0.1, -0.05) is 43.2 Å². The molecule has 0 bridgehead atoms. The number of unbranched alkanes of at least 4 members (excludes halogenated alkanes) is 1. The Morgan fingerprint density at radius 2 is 1.68 bits per heavy atom. The molecule has 0 aliphatic heterocycles. The summed E-state index contributed by atoms with van der Waals surface area (Å²) in [5.74, 6) is -0.755. The summed E-state index contributed by atoms with van der Waals surface area (Å²) in [4.78, 5) is 24.3. The van der Waals surface area contributed by atoms with Crippen LogP contribution in [-0.2, 0) is 19.6 Å². The predicted molar refractivity (Wildman–Crippen MR) is 108 cm³/mol. The monoisotopic (exact) mass is 403 g/mol. The molecule has 2 aromatic rings. The third kappa shape index (κ3) is 6.20. The number of hydrogen-bond donors (Lipinski definition) is 1. The van der Waals surface area contributed by atoms with Gasteiger partial charge in [-0.05, 0) is 37.6 Å². The van der Waals surface area contributed by atoms with Crippen LogP contribution in [-0.4, -0.2) is 26.8 Å². The molecule has 0 unspecified atom stereocenters. The van der Waals surface area contributed by atoms with Gasteiger partial charge in [-0.25, -0.2) is 8.42 Å². The lowest BCUT2D eigenvalue weighted by atomic mass is 10.1. The average molecular weight is 404 g/mol. The number of sulfonamides is 1. The van der Waals surface area contributed by atoms with Crippen LogP contribution in [0.25, 0.3) is 0 Å². The molecule has 0 amide bonds. The Hall–Kier alpha value is -2.67. The van der Waals surface area contributed by atoms with Gasteiger partial charge in [-0.3, -0.25) is 14.3 Å². The highest BCUT2D eigenvalue weighted by molar-refractivity contribution is 7.92. The molecule has 0 spiro atoms. The Labute approximate surface area is 166 Å². The average Bonchev–Trinajstić information content (AvgIpc) is 2.67. The number of benzene rings is 2. The summed E-state index contributed by atoms with van der Waals surface area (Å²) in [5, 5.41) is 0. The lowest BCUT2D eigenvalue weighted by Gasteiger charge is -2.12. The number of anilines is 1. The van der Waals surface area contributed by atoms with Crippen molar-refractivity contribution in [3.63, 3.8) is 0 Å². The highest BCUT2D eigenvalue weighted by atomic mass is 32.2. The van der Waals surface area contributed by atoms with E-state index in [1.807, 2.05) is 13.8 Å². The minimum atomic E-state index is -3.83. The Kier molecular flexibility index (Phi) is 7.75. The van der Waals surface area contributed by atoms with E-state index in [4.69, 9.17) is 4.74 Å². The van der Waals surface area contributed by atoms with Gasteiger partial charge in [0.15, 0.2) is 5.78 Å². The van der Waals surface area contributed by atoms with E-state index in [2.05, 4.69) is 4.72 Å². The van der Waals surface area contributed by atoms with E-state index in [1.165, 1.54) is 24.3 Å². The summed E-state index contributed by atoms with van der Waals surface area (Å²) >= 11 is 0. The predicted octanol–water partition coefficient (Wildman–Crippen LogP) is 4.10. The van der Waals surface area contributed by atoms with Crippen LogP contribution >= 0.6 is 0 Å². The van der Waals surface area contributed by atoms with E-state index in [1.54, 1.807) is 24.3 Å². The van der Waals surface area contributed by atoms with Gasteiger partial charge < -0.3 is 4.74 Å². The smallest absolute Gasteiger partial charge is 0.306 e. The second kappa shape index (κ2) is 10.0. The highest BCUT2D eigenvalue weighted by Gasteiger charge is 2.19. The minimum absolute atomic E-state index is 0.0401. The molecule has 0 saturated carbocycles.